The monoisotopic (exact) mass is 239 g/mol. The van der Waals surface area contributed by atoms with Gasteiger partial charge in [0.15, 0.2) is 0 Å². The Balaban J connectivity index is 2.02. The predicted octanol–water partition coefficient (Wildman–Crippen LogP) is 2.99. The van der Waals surface area contributed by atoms with Crippen molar-refractivity contribution in [2.45, 2.75) is 38.6 Å². The van der Waals surface area contributed by atoms with Crippen molar-refractivity contribution in [3.63, 3.8) is 0 Å². The molecule has 2 rings (SSSR count). The third kappa shape index (κ3) is 2.85. The van der Waals surface area contributed by atoms with Crippen molar-refractivity contribution in [3.05, 3.63) is 17.8 Å². The molecule has 1 saturated carbocycles. The number of rotatable bonds is 3. The third-order valence-electron chi connectivity index (χ3n) is 3.23. The smallest absolute Gasteiger partial charge is 0.149 e. The maximum Gasteiger partial charge on any atom is 0.149 e. The van der Waals surface area contributed by atoms with Crippen LogP contribution in [0.2, 0.25) is 0 Å². The summed E-state index contributed by atoms with van der Waals surface area (Å²) in [5.74, 6) is 2.18. The average Bonchev–Trinajstić information content (AvgIpc) is 2.30. The van der Waals surface area contributed by atoms with Crippen LogP contribution in [0.1, 0.15) is 31.2 Å². The minimum absolute atomic E-state index is 0.461. The fraction of sp³-hybridized carbons (Fsp3) is 0.667. The Morgan fingerprint density at radius 1 is 1.44 bits per heavy atom. The first-order valence-electron chi connectivity index (χ1n) is 5.91. The van der Waals surface area contributed by atoms with Crippen molar-refractivity contribution in [1.29, 1.82) is 0 Å². The molecule has 3 nitrogen and oxygen atoms in total. The van der Waals surface area contributed by atoms with Crippen LogP contribution in [0, 0.1) is 12.8 Å². The summed E-state index contributed by atoms with van der Waals surface area (Å²) in [6, 6.07) is 2.50. The van der Waals surface area contributed by atoms with Crippen LogP contribution >= 0.6 is 11.6 Å². The van der Waals surface area contributed by atoms with Crippen molar-refractivity contribution in [1.82, 2.24) is 10.2 Å². The van der Waals surface area contributed by atoms with Crippen LogP contribution in [-0.4, -0.2) is 22.1 Å². The molecule has 1 aliphatic carbocycles. The molecule has 1 N–H and O–H groups in total. The second-order valence-corrected chi connectivity index (χ2v) is 4.88. The molecule has 1 heterocycles. The molecule has 2 unspecified atom stereocenters. The molecule has 4 heteroatoms. The predicted molar refractivity (Wildman–Crippen MR) is 66.9 cm³/mol. The van der Waals surface area contributed by atoms with Gasteiger partial charge in [-0.25, -0.2) is 0 Å². The first-order chi connectivity index (χ1) is 7.79. The first-order valence-corrected chi connectivity index (χ1v) is 6.45. The average molecular weight is 240 g/mol. The van der Waals surface area contributed by atoms with Crippen molar-refractivity contribution < 1.29 is 0 Å². The fourth-order valence-corrected chi connectivity index (χ4v) is 2.68. The van der Waals surface area contributed by atoms with Crippen molar-refractivity contribution >= 4 is 17.4 Å². The van der Waals surface area contributed by atoms with E-state index in [9.17, 15) is 0 Å². The summed E-state index contributed by atoms with van der Waals surface area (Å²) in [7, 11) is 0. The molecule has 1 fully saturated rings. The Hall–Kier alpha value is -0.830. The van der Waals surface area contributed by atoms with Gasteiger partial charge in [-0.1, -0.05) is 12.8 Å². The van der Waals surface area contributed by atoms with E-state index in [1.54, 1.807) is 6.20 Å². The summed E-state index contributed by atoms with van der Waals surface area (Å²) in [6.07, 6.45) is 6.76. The van der Waals surface area contributed by atoms with E-state index in [1.807, 2.05) is 13.0 Å². The standard InChI is InChI=1S/C12H18ClN3/c1-9-6-12(16-14-8-9)15-11-5-3-2-4-10(11)7-13/h6,8,10-11H,2-5,7H2,1H3,(H,15,16). The molecule has 1 aromatic heterocycles. The van der Waals surface area contributed by atoms with Crippen LogP contribution in [0.4, 0.5) is 5.82 Å². The lowest BCUT2D eigenvalue weighted by atomic mass is 9.86. The van der Waals surface area contributed by atoms with E-state index in [0.29, 0.717) is 12.0 Å². The zero-order chi connectivity index (χ0) is 11.4. The van der Waals surface area contributed by atoms with Gasteiger partial charge in [0.1, 0.15) is 5.82 Å². The van der Waals surface area contributed by atoms with Crippen LogP contribution < -0.4 is 5.32 Å². The van der Waals surface area contributed by atoms with Crippen LogP contribution in [0.15, 0.2) is 12.3 Å². The van der Waals surface area contributed by atoms with Crippen molar-refractivity contribution in [3.8, 4) is 0 Å². The second kappa shape index (κ2) is 5.48. The summed E-state index contributed by atoms with van der Waals surface area (Å²) < 4.78 is 0. The van der Waals surface area contributed by atoms with Crippen LogP contribution in [0.25, 0.3) is 0 Å². The largest absolute Gasteiger partial charge is 0.366 e. The fourth-order valence-electron chi connectivity index (χ4n) is 2.31. The van der Waals surface area contributed by atoms with E-state index in [1.165, 1.54) is 25.7 Å². The minimum atomic E-state index is 0.461. The van der Waals surface area contributed by atoms with Crippen molar-refractivity contribution in [2.75, 3.05) is 11.2 Å². The lowest BCUT2D eigenvalue weighted by Gasteiger charge is -2.31. The van der Waals surface area contributed by atoms with E-state index >= 15 is 0 Å². The third-order valence-corrected chi connectivity index (χ3v) is 3.63. The number of aryl methyl sites for hydroxylation is 1. The zero-order valence-corrected chi connectivity index (χ0v) is 10.4. The molecule has 0 aromatic carbocycles. The van der Waals surface area contributed by atoms with E-state index in [0.717, 1.165) is 17.3 Å². The van der Waals surface area contributed by atoms with Crippen LogP contribution in [0.5, 0.6) is 0 Å². The molecule has 0 radical (unpaired) electrons. The molecule has 0 saturated heterocycles. The number of nitrogens with one attached hydrogen (secondary N) is 1. The summed E-state index contributed by atoms with van der Waals surface area (Å²) in [5, 5.41) is 11.5. The Bertz CT molecular complexity index is 343. The highest BCUT2D eigenvalue weighted by atomic mass is 35.5. The summed E-state index contributed by atoms with van der Waals surface area (Å²) >= 11 is 6.00. The first kappa shape index (κ1) is 11.6. The molecular weight excluding hydrogens is 222 g/mol. The Morgan fingerprint density at radius 3 is 3.00 bits per heavy atom. The van der Waals surface area contributed by atoms with Gasteiger partial charge in [-0.05, 0) is 37.3 Å². The SMILES string of the molecule is Cc1cnnc(NC2CCCCC2CCl)c1. The van der Waals surface area contributed by atoms with Gasteiger partial charge >= 0.3 is 0 Å². The Labute approximate surface area is 102 Å². The normalized spacial score (nSPS) is 25.4. The molecule has 0 spiro atoms. The van der Waals surface area contributed by atoms with Gasteiger partial charge in [-0.3, -0.25) is 0 Å². The number of anilines is 1. The molecular formula is C12H18ClN3. The summed E-state index contributed by atoms with van der Waals surface area (Å²) in [5.41, 5.74) is 1.13. The molecule has 1 aliphatic rings. The van der Waals surface area contributed by atoms with Gasteiger partial charge in [-0.15, -0.1) is 16.7 Å². The molecule has 0 aliphatic heterocycles. The van der Waals surface area contributed by atoms with E-state index in [2.05, 4.69) is 15.5 Å². The molecule has 16 heavy (non-hydrogen) atoms. The van der Waals surface area contributed by atoms with Gasteiger partial charge < -0.3 is 5.32 Å². The minimum Gasteiger partial charge on any atom is -0.366 e. The maximum absolute atomic E-state index is 6.00. The summed E-state index contributed by atoms with van der Waals surface area (Å²) in [6.45, 7) is 2.03. The Morgan fingerprint density at radius 2 is 2.25 bits per heavy atom. The number of halogens is 1. The molecule has 0 amide bonds. The summed E-state index contributed by atoms with van der Waals surface area (Å²) in [4.78, 5) is 0. The number of alkyl halides is 1. The topological polar surface area (TPSA) is 37.8 Å². The highest BCUT2D eigenvalue weighted by Gasteiger charge is 2.24. The van der Waals surface area contributed by atoms with Gasteiger partial charge in [0.25, 0.3) is 0 Å². The molecule has 88 valence electrons. The second-order valence-electron chi connectivity index (χ2n) is 4.57. The van der Waals surface area contributed by atoms with Crippen LogP contribution in [0.3, 0.4) is 0 Å². The molecule has 1 aromatic rings. The highest BCUT2D eigenvalue weighted by molar-refractivity contribution is 6.18. The number of aromatic nitrogens is 2. The number of nitrogens with zero attached hydrogens (tertiary/aromatic N) is 2. The van der Waals surface area contributed by atoms with Crippen molar-refractivity contribution in [2.24, 2.45) is 5.92 Å². The number of hydrogen-bond donors (Lipinski definition) is 1. The molecule has 2 atom stereocenters. The van der Waals surface area contributed by atoms with Gasteiger partial charge in [0, 0.05) is 11.9 Å². The highest BCUT2D eigenvalue weighted by Crippen LogP contribution is 2.27. The molecule has 0 bridgehead atoms. The Kier molecular flexibility index (Phi) is 3.99. The lowest BCUT2D eigenvalue weighted by Crippen LogP contribution is -2.33. The van der Waals surface area contributed by atoms with Gasteiger partial charge in [0.05, 0.1) is 6.20 Å². The van der Waals surface area contributed by atoms with Gasteiger partial charge in [0.2, 0.25) is 0 Å². The number of hydrogen-bond acceptors (Lipinski definition) is 3. The van der Waals surface area contributed by atoms with Gasteiger partial charge in [-0.2, -0.15) is 5.10 Å². The zero-order valence-electron chi connectivity index (χ0n) is 9.62. The maximum atomic E-state index is 6.00. The van der Waals surface area contributed by atoms with E-state index in [-0.39, 0.29) is 0 Å². The van der Waals surface area contributed by atoms with Crippen LogP contribution in [-0.2, 0) is 0 Å². The van der Waals surface area contributed by atoms with E-state index < -0.39 is 0 Å². The lowest BCUT2D eigenvalue weighted by molar-refractivity contribution is 0.352. The van der Waals surface area contributed by atoms with E-state index in [4.69, 9.17) is 11.6 Å². The quantitative estimate of drug-likeness (QED) is 0.824.